The van der Waals surface area contributed by atoms with Gasteiger partial charge in [0.1, 0.15) is 0 Å². The molecule has 2 atom stereocenters. The molecule has 0 amide bonds. The Morgan fingerprint density at radius 3 is 2.00 bits per heavy atom. The second-order valence-corrected chi connectivity index (χ2v) is 2.25. The van der Waals surface area contributed by atoms with Crippen LogP contribution in [0.5, 0.6) is 0 Å². The third kappa shape index (κ3) is 0.361. The molecule has 1 heterocycles. The molecule has 7 heavy (non-hydrogen) atoms. The van der Waals surface area contributed by atoms with Crippen LogP contribution in [0.1, 0.15) is 0 Å². The Labute approximate surface area is 43.0 Å². The Balaban J connectivity index is 2.17. The maximum absolute atomic E-state index is 5.17. The van der Waals surface area contributed by atoms with Gasteiger partial charge in [-0.05, 0) is 0 Å². The van der Waals surface area contributed by atoms with E-state index in [0.717, 1.165) is 25.0 Å². The van der Waals surface area contributed by atoms with Crippen LogP contribution in [0.3, 0.4) is 0 Å². The number of fused-ring (bicyclic) bond motifs is 1. The molecule has 0 aromatic carbocycles. The van der Waals surface area contributed by atoms with E-state index in [-0.39, 0.29) is 0 Å². The molecule has 0 saturated carbocycles. The molecule has 1 aliphatic heterocycles. The van der Waals surface area contributed by atoms with E-state index < -0.39 is 0 Å². The Hall–Kier alpha value is -0.300. The van der Waals surface area contributed by atoms with Crippen LogP contribution in [-0.2, 0) is 4.74 Å². The molecule has 38 valence electrons. The van der Waals surface area contributed by atoms with E-state index in [1.807, 2.05) is 0 Å². The summed E-state index contributed by atoms with van der Waals surface area (Å²) in [6, 6.07) is 0. The van der Waals surface area contributed by atoms with Gasteiger partial charge in [0.25, 0.3) is 0 Å². The van der Waals surface area contributed by atoms with E-state index in [2.05, 4.69) is 12.2 Å². The molecule has 0 N–H and O–H groups in total. The SMILES string of the molecule is C1=CC2COCC12. The van der Waals surface area contributed by atoms with Crippen molar-refractivity contribution in [2.75, 3.05) is 13.2 Å². The van der Waals surface area contributed by atoms with Crippen molar-refractivity contribution in [1.29, 1.82) is 0 Å². The fourth-order valence-corrected chi connectivity index (χ4v) is 1.12. The van der Waals surface area contributed by atoms with Crippen molar-refractivity contribution < 1.29 is 4.74 Å². The van der Waals surface area contributed by atoms with Crippen LogP contribution in [-0.4, -0.2) is 13.2 Å². The first kappa shape index (κ1) is 3.67. The van der Waals surface area contributed by atoms with Crippen molar-refractivity contribution in [3.05, 3.63) is 12.2 Å². The van der Waals surface area contributed by atoms with Gasteiger partial charge < -0.3 is 4.74 Å². The maximum Gasteiger partial charge on any atom is 0.0535 e. The predicted octanol–water partition coefficient (Wildman–Crippen LogP) is 0.819. The van der Waals surface area contributed by atoms with Crippen LogP contribution < -0.4 is 0 Å². The summed E-state index contributed by atoms with van der Waals surface area (Å²) in [5, 5.41) is 0. The number of rotatable bonds is 0. The molecule has 1 heteroatoms. The number of ether oxygens (including phenoxy) is 1. The van der Waals surface area contributed by atoms with E-state index >= 15 is 0 Å². The van der Waals surface area contributed by atoms with Crippen LogP contribution in [0.25, 0.3) is 0 Å². The van der Waals surface area contributed by atoms with Crippen LogP contribution in [0.15, 0.2) is 12.2 Å². The molecular weight excluding hydrogens is 88.1 g/mol. The lowest BCUT2D eigenvalue weighted by Crippen LogP contribution is -2.14. The highest BCUT2D eigenvalue weighted by Crippen LogP contribution is 2.30. The Kier molecular flexibility index (Phi) is 0.577. The van der Waals surface area contributed by atoms with E-state index in [4.69, 9.17) is 4.74 Å². The zero-order valence-corrected chi connectivity index (χ0v) is 4.13. The fraction of sp³-hybridized carbons (Fsp3) is 0.667. The Bertz CT molecular complexity index is 94.7. The smallest absolute Gasteiger partial charge is 0.0535 e. The molecular formula is C6H8O. The van der Waals surface area contributed by atoms with Gasteiger partial charge in [-0.1, -0.05) is 12.2 Å². The van der Waals surface area contributed by atoms with Crippen molar-refractivity contribution in [3.63, 3.8) is 0 Å². The summed E-state index contributed by atoms with van der Waals surface area (Å²) < 4.78 is 5.17. The normalized spacial score (nSPS) is 45.7. The molecule has 1 aliphatic carbocycles. The molecule has 0 radical (unpaired) electrons. The maximum atomic E-state index is 5.17. The second-order valence-electron chi connectivity index (χ2n) is 2.25. The average Bonchev–Trinajstić information content (AvgIpc) is 1.85. The average molecular weight is 96.1 g/mol. The molecule has 2 rings (SSSR count). The monoisotopic (exact) mass is 96.1 g/mol. The first-order valence-electron chi connectivity index (χ1n) is 2.73. The van der Waals surface area contributed by atoms with Gasteiger partial charge in [0.05, 0.1) is 13.2 Å². The molecule has 0 bridgehead atoms. The summed E-state index contributed by atoms with van der Waals surface area (Å²) in [4.78, 5) is 0. The Morgan fingerprint density at radius 1 is 1.14 bits per heavy atom. The topological polar surface area (TPSA) is 9.23 Å². The zero-order chi connectivity index (χ0) is 4.69. The minimum atomic E-state index is 0.792. The van der Waals surface area contributed by atoms with E-state index in [1.165, 1.54) is 0 Å². The van der Waals surface area contributed by atoms with Crippen LogP contribution in [0.4, 0.5) is 0 Å². The lowest BCUT2D eigenvalue weighted by molar-refractivity contribution is 0.189. The minimum Gasteiger partial charge on any atom is -0.380 e. The highest BCUT2D eigenvalue weighted by Gasteiger charge is 2.29. The van der Waals surface area contributed by atoms with Crippen molar-refractivity contribution in [3.8, 4) is 0 Å². The lowest BCUT2D eigenvalue weighted by atomic mass is 9.86. The molecule has 2 unspecified atom stereocenters. The largest absolute Gasteiger partial charge is 0.380 e. The summed E-state index contributed by atoms with van der Waals surface area (Å²) in [6.07, 6.45) is 4.47. The molecule has 1 nitrogen and oxygen atoms in total. The lowest BCUT2D eigenvalue weighted by Gasteiger charge is -2.17. The summed E-state index contributed by atoms with van der Waals surface area (Å²) in [5.74, 6) is 1.58. The minimum absolute atomic E-state index is 0.792. The standard InChI is InChI=1S/C6H8O/c1-2-6-4-7-3-5(1)6/h1-2,5-6H,3-4H2. The van der Waals surface area contributed by atoms with Crippen LogP contribution >= 0.6 is 0 Å². The molecule has 1 fully saturated rings. The summed E-state index contributed by atoms with van der Waals surface area (Å²) in [7, 11) is 0. The van der Waals surface area contributed by atoms with Crippen molar-refractivity contribution in [2.45, 2.75) is 0 Å². The highest BCUT2D eigenvalue weighted by molar-refractivity contribution is 5.11. The predicted molar refractivity (Wildman–Crippen MR) is 26.9 cm³/mol. The van der Waals surface area contributed by atoms with E-state index in [9.17, 15) is 0 Å². The van der Waals surface area contributed by atoms with Gasteiger partial charge >= 0.3 is 0 Å². The third-order valence-corrected chi connectivity index (χ3v) is 1.78. The third-order valence-electron chi connectivity index (χ3n) is 1.78. The van der Waals surface area contributed by atoms with Gasteiger partial charge in [0.2, 0.25) is 0 Å². The second kappa shape index (κ2) is 1.10. The first-order valence-corrected chi connectivity index (χ1v) is 2.73. The fourth-order valence-electron chi connectivity index (χ4n) is 1.12. The Morgan fingerprint density at radius 2 is 1.71 bits per heavy atom. The van der Waals surface area contributed by atoms with Crippen molar-refractivity contribution in [1.82, 2.24) is 0 Å². The molecule has 2 aliphatic rings. The quantitative estimate of drug-likeness (QED) is 0.406. The summed E-state index contributed by atoms with van der Waals surface area (Å²) in [6.45, 7) is 1.95. The van der Waals surface area contributed by atoms with Gasteiger partial charge in [-0.25, -0.2) is 0 Å². The zero-order valence-electron chi connectivity index (χ0n) is 4.13. The van der Waals surface area contributed by atoms with Crippen molar-refractivity contribution >= 4 is 0 Å². The van der Waals surface area contributed by atoms with Crippen LogP contribution in [0, 0.1) is 11.8 Å². The van der Waals surface area contributed by atoms with Gasteiger partial charge in [-0.2, -0.15) is 0 Å². The van der Waals surface area contributed by atoms with E-state index in [1.54, 1.807) is 0 Å². The first-order chi connectivity index (χ1) is 3.47. The molecule has 0 aromatic rings. The summed E-state index contributed by atoms with van der Waals surface area (Å²) >= 11 is 0. The number of hydrogen-bond donors (Lipinski definition) is 0. The van der Waals surface area contributed by atoms with Crippen molar-refractivity contribution in [2.24, 2.45) is 11.8 Å². The number of hydrogen-bond acceptors (Lipinski definition) is 1. The van der Waals surface area contributed by atoms with Gasteiger partial charge in [0, 0.05) is 11.8 Å². The van der Waals surface area contributed by atoms with E-state index in [0.29, 0.717) is 0 Å². The van der Waals surface area contributed by atoms with Gasteiger partial charge in [-0.3, -0.25) is 0 Å². The molecule has 0 spiro atoms. The molecule has 1 saturated heterocycles. The van der Waals surface area contributed by atoms with Gasteiger partial charge in [-0.15, -0.1) is 0 Å². The van der Waals surface area contributed by atoms with Gasteiger partial charge in [0.15, 0.2) is 0 Å². The highest BCUT2D eigenvalue weighted by atomic mass is 16.5. The van der Waals surface area contributed by atoms with Crippen LogP contribution in [0.2, 0.25) is 0 Å². The molecule has 0 aromatic heterocycles. The summed E-state index contributed by atoms with van der Waals surface area (Å²) in [5.41, 5.74) is 0.